The maximum Gasteiger partial charge on any atom is 0.169 e. The second-order valence-corrected chi connectivity index (χ2v) is 2.53. The molecule has 1 aromatic heterocycles. The van der Waals surface area contributed by atoms with Crippen LogP contribution in [-0.4, -0.2) is 16.4 Å². The Morgan fingerprint density at radius 3 is 2.90 bits per heavy atom. The number of aromatic nitrogens is 1. The van der Waals surface area contributed by atoms with Crippen LogP contribution in [0.4, 0.5) is 0 Å². The number of carbonyl (C=O) groups is 1. The minimum absolute atomic E-state index is 0.0393. The van der Waals surface area contributed by atoms with Gasteiger partial charge >= 0.3 is 0 Å². The smallest absolute Gasteiger partial charge is 0.169 e. The Balaban J connectivity index is 3.19. The normalized spacial score (nSPS) is 9.30. The van der Waals surface area contributed by atoms with Gasteiger partial charge in [0, 0.05) is 0 Å². The average molecular weight is 202 g/mol. The molecule has 0 saturated heterocycles. The number of aromatic hydroxyl groups is 1. The molecule has 1 aromatic rings. The first-order chi connectivity index (χ1) is 4.74. The molecule has 3 nitrogen and oxygen atoms in total. The summed E-state index contributed by atoms with van der Waals surface area (Å²) >= 11 is 3.05. The third kappa shape index (κ3) is 1.33. The summed E-state index contributed by atoms with van der Waals surface area (Å²) < 4.78 is 0.502. The van der Waals surface area contributed by atoms with E-state index in [4.69, 9.17) is 5.11 Å². The van der Waals surface area contributed by atoms with Crippen LogP contribution in [0.25, 0.3) is 0 Å². The highest BCUT2D eigenvalue weighted by Crippen LogP contribution is 2.17. The van der Waals surface area contributed by atoms with Crippen molar-refractivity contribution in [2.75, 3.05) is 0 Å². The summed E-state index contributed by atoms with van der Waals surface area (Å²) in [6.07, 6.45) is 1.83. The average Bonchev–Trinajstić information content (AvgIpc) is 1.88. The molecule has 0 unspecified atom stereocenters. The van der Waals surface area contributed by atoms with E-state index >= 15 is 0 Å². The van der Waals surface area contributed by atoms with E-state index in [1.807, 2.05) is 0 Å². The molecule has 0 aliphatic carbocycles. The zero-order chi connectivity index (χ0) is 7.56. The second-order valence-electron chi connectivity index (χ2n) is 1.68. The third-order valence-corrected chi connectivity index (χ3v) is 1.60. The molecule has 0 aromatic carbocycles. The van der Waals surface area contributed by atoms with Crippen molar-refractivity contribution in [3.63, 3.8) is 0 Å². The highest BCUT2D eigenvalue weighted by Gasteiger charge is 1.99. The molecular weight excluding hydrogens is 198 g/mol. The van der Waals surface area contributed by atoms with Crippen molar-refractivity contribution in [3.8, 4) is 5.75 Å². The van der Waals surface area contributed by atoms with Crippen molar-refractivity contribution in [2.24, 2.45) is 0 Å². The third-order valence-electron chi connectivity index (χ3n) is 0.967. The fraction of sp³-hybridized carbons (Fsp3) is 0. The van der Waals surface area contributed by atoms with Crippen LogP contribution in [0.1, 0.15) is 10.5 Å². The molecular formula is C6H4BrNO2. The maximum absolute atomic E-state index is 10.2. The van der Waals surface area contributed by atoms with Gasteiger partial charge in [-0.3, -0.25) is 4.79 Å². The Morgan fingerprint density at radius 2 is 2.40 bits per heavy atom. The number of rotatable bonds is 1. The van der Waals surface area contributed by atoms with Crippen molar-refractivity contribution < 1.29 is 9.90 Å². The van der Waals surface area contributed by atoms with Crippen molar-refractivity contribution in [3.05, 3.63) is 22.4 Å². The highest BCUT2D eigenvalue weighted by atomic mass is 79.9. The van der Waals surface area contributed by atoms with Crippen LogP contribution < -0.4 is 0 Å². The molecule has 0 aliphatic rings. The fourth-order valence-electron chi connectivity index (χ4n) is 0.525. The van der Waals surface area contributed by atoms with Crippen molar-refractivity contribution >= 4 is 22.2 Å². The lowest BCUT2D eigenvalue weighted by atomic mass is 10.4. The Bertz CT molecular complexity index is 262. The molecule has 0 radical (unpaired) electrons. The zero-order valence-electron chi connectivity index (χ0n) is 4.91. The van der Waals surface area contributed by atoms with Gasteiger partial charge in [0.25, 0.3) is 0 Å². The molecule has 52 valence electrons. The largest absolute Gasteiger partial charge is 0.506 e. The predicted octanol–water partition coefficient (Wildman–Crippen LogP) is 1.36. The number of aldehydes is 1. The first kappa shape index (κ1) is 7.21. The van der Waals surface area contributed by atoms with E-state index in [1.165, 1.54) is 12.3 Å². The van der Waals surface area contributed by atoms with Crippen molar-refractivity contribution in [1.82, 2.24) is 4.98 Å². The van der Waals surface area contributed by atoms with Gasteiger partial charge in [0.2, 0.25) is 0 Å². The van der Waals surface area contributed by atoms with Crippen LogP contribution in [0, 0.1) is 0 Å². The van der Waals surface area contributed by atoms with E-state index in [2.05, 4.69) is 20.9 Å². The molecule has 0 spiro atoms. The number of pyridine rings is 1. The highest BCUT2D eigenvalue weighted by molar-refractivity contribution is 9.10. The maximum atomic E-state index is 10.2. The van der Waals surface area contributed by atoms with Crippen LogP contribution in [0.2, 0.25) is 0 Å². The monoisotopic (exact) mass is 201 g/mol. The van der Waals surface area contributed by atoms with Crippen molar-refractivity contribution in [1.29, 1.82) is 0 Å². The summed E-state index contributed by atoms with van der Waals surface area (Å²) in [6.45, 7) is 0. The van der Waals surface area contributed by atoms with E-state index in [0.717, 1.165) is 0 Å². The molecule has 1 N–H and O–H groups in total. The summed E-state index contributed by atoms with van der Waals surface area (Å²) in [5.74, 6) is 0.0393. The van der Waals surface area contributed by atoms with Gasteiger partial charge in [-0.05, 0) is 22.0 Å². The van der Waals surface area contributed by atoms with Gasteiger partial charge in [-0.25, -0.2) is 4.98 Å². The molecule has 0 atom stereocenters. The standard InChI is InChI=1S/C6H4BrNO2/c7-5-1-4(10)2-8-6(5)3-9/h1-3,10H. The number of hydrogen-bond acceptors (Lipinski definition) is 3. The lowest BCUT2D eigenvalue weighted by Crippen LogP contribution is -1.86. The lowest BCUT2D eigenvalue weighted by molar-refractivity contribution is 0.111. The Hall–Kier alpha value is -0.900. The number of carbonyl (C=O) groups excluding carboxylic acids is 1. The molecule has 0 saturated carbocycles. The van der Waals surface area contributed by atoms with Crippen LogP contribution >= 0.6 is 15.9 Å². The van der Waals surface area contributed by atoms with E-state index < -0.39 is 0 Å². The molecule has 0 amide bonds. The second kappa shape index (κ2) is 2.79. The summed E-state index contributed by atoms with van der Waals surface area (Å²) in [5, 5.41) is 8.82. The SMILES string of the molecule is O=Cc1ncc(O)cc1Br. The molecule has 10 heavy (non-hydrogen) atoms. The van der Waals surface area contributed by atoms with Gasteiger partial charge in [0.15, 0.2) is 6.29 Å². The summed E-state index contributed by atoms with van der Waals surface area (Å²) in [5.41, 5.74) is 0.290. The molecule has 0 fully saturated rings. The van der Waals surface area contributed by atoms with Gasteiger partial charge in [-0.2, -0.15) is 0 Å². The van der Waals surface area contributed by atoms with E-state index in [1.54, 1.807) is 0 Å². The molecule has 4 heteroatoms. The Kier molecular flexibility index (Phi) is 2.01. The lowest BCUT2D eigenvalue weighted by Gasteiger charge is -1.93. The van der Waals surface area contributed by atoms with Gasteiger partial charge in [-0.1, -0.05) is 0 Å². The minimum Gasteiger partial charge on any atom is -0.506 e. The van der Waals surface area contributed by atoms with Gasteiger partial charge in [0.05, 0.1) is 10.7 Å². The molecule has 1 heterocycles. The summed E-state index contributed by atoms with van der Waals surface area (Å²) in [7, 11) is 0. The van der Waals surface area contributed by atoms with Crippen LogP contribution in [0.3, 0.4) is 0 Å². The Morgan fingerprint density at radius 1 is 1.70 bits per heavy atom. The summed E-state index contributed by atoms with van der Waals surface area (Å²) in [6, 6.07) is 1.41. The molecule has 0 bridgehead atoms. The van der Waals surface area contributed by atoms with Crippen molar-refractivity contribution in [2.45, 2.75) is 0 Å². The summed E-state index contributed by atoms with van der Waals surface area (Å²) in [4.78, 5) is 13.8. The van der Waals surface area contributed by atoms with Crippen LogP contribution in [0.5, 0.6) is 5.75 Å². The van der Waals surface area contributed by atoms with E-state index in [-0.39, 0.29) is 11.4 Å². The Labute approximate surface area is 65.8 Å². The van der Waals surface area contributed by atoms with Gasteiger partial charge in [0.1, 0.15) is 11.4 Å². The number of nitrogens with zero attached hydrogens (tertiary/aromatic N) is 1. The topological polar surface area (TPSA) is 50.2 Å². The fourth-order valence-corrected chi connectivity index (χ4v) is 0.955. The molecule has 0 aliphatic heterocycles. The van der Waals surface area contributed by atoms with Gasteiger partial charge in [-0.15, -0.1) is 0 Å². The first-order valence-corrected chi connectivity index (χ1v) is 3.33. The van der Waals surface area contributed by atoms with Crippen LogP contribution in [-0.2, 0) is 0 Å². The first-order valence-electron chi connectivity index (χ1n) is 2.53. The minimum atomic E-state index is 0.0393. The number of halogens is 1. The van der Waals surface area contributed by atoms with E-state index in [0.29, 0.717) is 10.8 Å². The predicted molar refractivity (Wildman–Crippen MR) is 39.0 cm³/mol. The van der Waals surface area contributed by atoms with E-state index in [9.17, 15) is 4.79 Å². The van der Waals surface area contributed by atoms with Gasteiger partial charge < -0.3 is 5.11 Å². The van der Waals surface area contributed by atoms with Crippen LogP contribution in [0.15, 0.2) is 16.7 Å². The quantitative estimate of drug-likeness (QED) is 0.699. The zero-order valence-corrected chi connectivity index (χ0v) is 6.50. The molecule has 1 rings (SSSR count). The number of hydrogen-bond donors (Lipinski definition) is 1.